The number of amides is 2. The van der Waals surface area contributed by atoms with Gasteiger partial charge in [0.15, 0.2) is 0 Å². The SMILES string of the molecule is COCCCCN1C(=O)CN(Cc2ccc(OC)cc2)C(=O)[C@@H]1C. The summed E-state index contributed by atoms with van der Waals surface area (Å²) in [6.45, 7) is 3.66. The summed E-state index contributed by atoms with van der Waals surface area (Å²) in [4.78, 5) is 28.3. The van der Waals surface area contributed by atoms with Crippen LogP contribution >= 0.6 is 0 Å². The van der Waals surface area contributed by atoms with E-state index in [2.05, 4.69) is 0 Å². The Morgan fingerprint density at radius 2 is 1.83 bits per heavy atom. The van der Waals surface area contributed by atoms with Gasteiger partial charge in [0, 0.05) is 26.8 Å². The van der Waals surface area contributed by atoms with Crippen molar-refractivity contribution in [2.24, 2.45) is 0 Å². The summed E-state index contributed by atoms with van der Waals surface area (Å²) in [5, 5.41) is 0. The highest BCUT2D eigenvalue weighted by Crippen LogP contribution is 2.18. The van der Waals surface area contributed by atoms with E-state index >= 15 is 0 Å². The molecule has 0 aliphatic carbocycles. The number of unbranched alkanes of at least 4 members (excludes halogenated alkanes) is 1. The maximum Gasteiger partial charge on any atom is 0.245 e. The first-order chi connectivity index (χ1) is 11.6. The standard InChI is InChI=1S/C18H26N2O4/c1-14-18(22)19(12-15-6-8-16(24-3)9-7-15)13-17(21)20(14)10-4-5-11-23-2/h6-9,14H,4-5,10-13H2,1-3H3/t14-/m0/s1. The van der Waals surface area contributed by atoms with Gasteiger partial charge in [-0.05, 0) is 37.5 Å². The molecule has 6 heteroatoms. The predicted molar refractivity (Wildman–Crippen MR) is 90.7 cm³/mol. The second kappa shape index (κ2) is 8.68. The third kappa shape index (κ3) is 4.47. The van der Waals surface area contributed by atoms with E-state index in [4.69, 9.17) is 9.47 Å². The molecular formula is C18H26N2O4. The summed E-state index contributed by atoms with van der Waals surface area (Å²) in [7, 11) is 3.28. The van der Waals surface area contributed by atoms with E-state index in [1.165, 1.54) is 0 Å². The molecule has 2 amide bonds. The third-order valence-corrected chi connectivity index (χ3v) is 4.31. The second-order valence-corrected chi connectivity index (χ2v) is 6.01. The predicted octanol–water partition coefficient (Wildman–Crippen LogP) is 1.68. The molecule has 1 aromatic rings. The fraction of sp³-hybridized carbons (Fsp3) is 0.556. The van der Waals surface area contributed by atoms with Gasteiger partial charge in [-0.15, -0.1) is 0 Å². The Kier molecular flexibility index (Phi) is 6.61. The van der Waals surface area contributed by atoms with Crippen molar-refractivity contribution >= 4 is 11.8 Å². The topological polar surface area (TPSA) is 59.1 Å². The highest BCUT2D eigenvalue weighted by Gasteiger charge is 2.35. The Morgan fingerprint density at radius 1 is 1.12 bits per heavy atom. The van der Waals surface area contributed by atoms with Crippen molar-refractivity contribution in [2.75, 3.05) is 33.9 Å². The molecule has 6 nitrogen and oxygen atoms in total. The minimum Gasteiger partial charge on any atom is -0.497 e. The maximum absolute atomic E-state index is 12.6. The first-order valence-corrected chi connectivity index (χ1v) is 8.27. The zero-order valence-electron chi connectivity index (χ0n) is 14.7. The molecule has 1 aliphatic heterocycles. The van der Waals surface area contributed by atoms with Gasteiger partial charge >= 0.3 is 0 Å². The lowest BCUT2D eigenvalue weighted by Gasteiger charge is -2.38. The van der Waals surface area contributed by atoms with Gasteiger partial charge in [0.25, 0.3) is 0 Å². The molecular weight excluding hydrogens is 308 g/mol. The number of rotatable bonds is 8. The van der Waals surface area contributed by atoms with Crippen LogP contribution in [0.4, 0.5) is 0 Å². The minimum absolute atomic E-state index is 0.00263. The average Bonchev–Trinajstić information content (AvgIpc) is 2.59. The van der Waals surface area contributed by atoms with Gasteiger partial charge in [0.2, 0.25) is 11.8 Å². The van der Waals surface area contributed by atoms with E-state index in [0.29, 0.717) is 19.7 Å². The van der Waals surface area contributed by atoms with Gasteiger partial charge in [-0.25, -0.2) is 0 Å². The van der Waals surface area contributed by atoms with Crippen LogP contribution in [0.2, 0.25) is 0 Å². The number of benzene rings is 1. The van der Waals surface area contributed by atoms with Crippen molar-refractivity contribution in [2.45, 2.75) is 32.4 Å². The highest BCUT2D eigenvalue weighted by molar-refractivity contribution is 5.94. The van der Waals surface area contributed by atoms with E-state index in [-0.39, 0.29) is 18.4 Å². The molecule has 132 valence electrons. The largest absolute Gasteiger partial charge is 0.497 e. The van der Waals surface area contributed by atoms with Crippen LogP contribution in [-0.4, -0.2) is 61.6 Å². The van der Waals surface area contributed by atoms with E-state index in [1.54, 1.807) is 30.9 Å². The van der Waals surface area contributed by atoms with Crippen LogP contribution in [0.1, 0.15) is 25.3 Å². The van der Waals surface area contributed by atoms with Gasteiger partial charge in [0.05, 0.1) is 7.11 Å². The number of nitrogens with zero attached hydrogens (tertiary/aromatic N) is 2. The smallest absolute Gasteiger partial charge is 0.245 e. The van der Waals surface area contributed by atoms with E-state index in [9.17, 15) is 9.59 Å². The average molecular weight is 334 g/mol. The fourth-order valence-corrected chi connectivity index (χ4v) is 2.88. The minimum atomic E-state index is -0.410. The third-order valence-electron chi connectivity index (χ3n) is 4.31. The van der Waals surface area contributed by atoms with Crippen molar-refractivity contribution in [3.63, 3.8) is 0 Å². The summed E-state index contributed by atoms with van der Waals surface area (Å²) in [5.74, 6) is 0.778. The fourth-order valence-electron chi connectivity index (χ4n) is 2.88. The molecule has 1 aromatic carbocycles. The van der Waals surface area contributed by atoms with Crippen LogP contribution in [-0.2, 0) is 20.9 Å². The molecule has 0 aromatic heterocycles. The van der Waals surface area contributed by atoms with Crippen LogP contribution in [0.25, 0.3) is 0 Å². The van der Waals surface area contributed by atoms with Crippen LogP contribution in [0.15, 0.2) is 24.3 Å². The maximum atomic E-state index is 12.6. The number of carbonyl (C=O) groups is 2. The lowest BCUT2D eigenvalue weighted by molar-refractivity contribution is -0.155. The first kappa shape index (κ1) is 18.3. The van der Waals surface area contributed by atoms with Crippen LogP contribution < -0.4 is 4.74 Å². The lowest BCUT2D eigenvalue weighted by Crippen LogP contribution is -2.58. The highest BCUT2D eigenvalue weighted by atomic mass is 16.5. The Hall–Kier alpha value is -2.08. The number of hydrogen-bond donors (Lipinski definition) is 0. The number of carbonyl (C=O) groups excluding carboxylic acids is 2. The van der Waals surface area contributed by atoms with Gasteiger partial charge < -0.3 is 19.3 Å². The van der Waals surface area contributed by atoms with Gasteiger partial charge in [0.1, 0.15) is 18.3 Å². The molecule has 1 atom stereocenters. The van der Waals surface area contributed by atoms with Gasteiger partial charge in [-0.2, -0.15) is 0 Å². The van der Waals surface area contributed by atoms with Crippen LogP contribution in [0.5, 0.6) is 5.75 Å². The van der Waals surface area contributed by atoms with Gasteiger partial charge in [-0.1, -0.05) is 12.1 Å². The Morgan fingerprint density at radius 3 is 2.46 bits per heavy atom. The normalized spacial score (nSPS) is 18.2. The summed E-state index contributed by atoms with van der Waals surface area (Å²) in [6.07, 6.45) is 1.73. The molecule has 0 N–H and O–H groups in total. The molecule has 2 rings (SSSR count). The van der Waals surface area contributed by atoms with Crippen LogP contribution in [0, 0.1) is 0 Å². The summed E-state index contributed by atoms with van der Waals surface area (Å²) >= 11 is 0. The molecule has 1 heterocycles. The van der Waals surface area contributed by atoms with Crippen molar-refractivity contribution in [1.82, 2.24) is 9.80 Å². The number of methoxy groups -OCH3 is 2. The number of hydrogen-bond acceptors (Lipinski definition) is 4. The molecule has 1 fully saturated rings. The molecule has 0 radical (unpaired) electrons. The Balaban J connectivity index is 1.94. The van der Waals surface area contributed by atoms with E-state index in [0.717, 1.165) is 24.2 Å². The number of piperazine rings is 1. The quantitative estimate of drug-likeness (QED) is 0.679. The first-order valence-electron chi connectivity index (χ1n) is 8.27. The lowest BCUT2D eigenvalue weighted by atomic mass is 10.1. The zero-order chi connectivity index (χ0) is 17.5. The molecule has 1 aliphatic rings. The molecule has 0 spiro atoms. The molecule has 0 bridgehead atoms. The summed E-state index contributed by atoms with van der Waals surface area (Å²) in [6, 6.07) is 7.14. The van der Waals surface area contributed by atoms with Crippen LogP contribution in [0.3, 0.4) is 0 Å². The van der Waals surface area contributed by atoms with Crippen molar-refractivity contribution in [3.05, 3.63) is 29.8 Å². The van der Waals surface area contributed by atoms with Crippen molar-refractivity contribution in [3.8, 4) is 5.75 Å². The molecule has 24 heavy (non-hydrogen) atoms. The van der Waals surface area contributed by atoms with E-state index < -0.39 is 6.04 Å². The Labute approximate surface area is 143 Å². The monoisotopic (exact) mass is 334 g/mol. The molecule has 0 unspecified atom stereocenters. The van der Waals surface area contributed by atoms with Crippen molar-refractivity contribution in [1.29, 1.82) is 0 Å². The molecule has 1 saturated heterocycles. The molecule has 0 saturated carbocycles. The number of ether oxygens (including phenoxy) is 2. The van der Waals surface area contributed by atoms with E-state index in [1.807, 2.05) is 24.3 Å². The Bertz CT molecular complexity index is 559. The van der Waals surface area contributed by atoms with Crippen molar-refractivity contribution < 1.29 is 19.1 Å². The second-order valence-electron chi connectivity index (χ2n) is 6.01. The van der Waals surface area contributed by atoms with Gasteiger partial charge in [-0.3, -0.25) is 9.59 Å². The summed E-state index contributed by atoms with van der Waals surface area (Å²) < 4.78 is 10.2. The zero-order valence-corrected chi connectivity index (χ0v) is 14.7. The summed E-state index contributed by atoms with van der Waals surface area (Å²) in [5.41, 5.74) is 0.984.